The number of hydrogen-bond acceptors (Lipinski definition) is 6. The highest BCUT2D eigenvalue weighted by Crippen LogP contribution is 2.44. The molecule has 0 radical (unpaired) electrons. The number of amides is 2. The number of rotatable bonds is 6. The molecule has 4 rings (SSSR count). The van der Waals surface area contributed by atoms with Gasteiger partial charge in [-0.15, -0.1) is 0 Å². The molecule has 0 spiro atoms. The summed E-state index contributed by atoms with van der Waals surface area (Å²) < 4.78 is 10.1. The summed E-state index contributed by atoms with van der Waals surface area (Å²) in [4.78, 5) is 35.3. The molecule has 3 aromatic carbocycles. The number of anilines is 1. The van der Waals surface area contributed by atoms with Crippen LogP contribution in [0.15, 0.2) is 72.8 Å². The highest BCUT2D eigenvalue weighted by Gasteiger charge is 2.30. The van der Waals surface area contributed by atoms with Gasteiger partial charge in [0, 0.05) is 11.6 Å². The van der Waals surface area contributed by atoms with E-state index in [0.29, 0.717) is 5.69 Å². The van der Waals surface area contributed by atoms with E-state index in [-0.39, 0.29) is 18.9 Å². The number of carbonyl (C=O) groups is 3. The molecule has 8 nitrogen and oxygen atoms in total. The van der Waals surface area contributed by atoms with Crippen LogP contribution in [0.4, 0.5) is 15.3 Å². The van der Waals surface area contributed by atoms with Gasteiger partial charge in [0.2, 0.25) is 0 Å². The second-order valence-corrected chi connectivity index (χ2v) is 7.71. The van der Waals surface area contributed by atoms with Gasteiger partial charge in [0.15, 0.2) is 0 Å². The number of benzene rings is 3. The van der Waals surface area contributed by atoms with E-state index in [4.69, 9.17) is 20.9 Å². The summed E-state index contributed by atoms with van der Waals surface area (Å²) in [7, 11) is 0. The van der Waals surface area contributed by atoms with Crippen molar-refractivity contribution in [3.05, 3.63) is 89.5 Å². The molecule has 0 saturated carbocycles. The lowest BCUT2D eigenvalue weighted by atomic mass is 9.98. The Morgan fingerprint density at radius 1 is 0.879 bits per heavy atom. The summed E-state index contributed by atoms with van der Waals surface area (Å²) in [5.41, 5.74) is 16.5. The van der Waals surface area contributed by atoms with Crippen molar-refractivity contribution in [1.82, 2.24) is 0 Å². The van der Waals surface area contributed by atoms with E-state index >= 15 is 0 Å². The number of carbonyl (C=O) groups excluding carboxylic acids is 3. The largest absolute Gasteiger partial charge is 0.516 e. The van der Waals surface area contributed by atoms with Crippen LogP contribution in [-0.2, 0) is 20.7 Å². The fourth-order valence-electron chi connectivity index (χ4n) is 3.98. The maximum absolute atomic E-state index is 12.2. The van der Waals surface area contributed by atoms with Gasteiger partial charge in [-0.2, -0.15) is 0 Å². The minimum Gasteiger partial charge on any atom is -0.433 e. The van der Waals surface area contributed by atoms with Crippen molar-refractivity contribution in [3.63, 3.8) is 0 Å². The number of ether oxygens (including phenoxy) is 2. The first kappa shape index (κ1) is 22.0. The first-order valence-corrected chi connectivity index (χ1v) is 10.4. The number of fused-ring (bicyclic) bond motifs is 3. The predicted octanol–water partition coefficient (Wildman–Crippen LogP) is 3.54. The van der Waals surface area contributed by atoms with E-state index < -0.39 is 24.2 Å². The minimum absolute atomic E-state index is 0.0453. The standard InChI is InChI=1S/C25H23N3O5/c26-22(13-15-9-11-16(12-10-15)28-24(27)30)23(29)33-25(31)32-14-21-19-7-3-1-5-17(19)18-6-2-4-8-20(18)21/h1-12,21-22H,13-14,26H2,(H3,27,28,30)/t22-/m0/s1. The van der Waals surface area contributed by atoms with Crippen molar-refractivity contribution in [3.8, 4) is 11.1 Å². The van der Waals surface area contributed by atoms with Crippen LogP contribution in [-0.4, -0.2) is 30.8 Å². The van der Waals surface area contributed by atoms with Crippen LogP contribution < -0.4 is 16.8 Å². The lowest BCUT2D eigenvalue weighted by Gasteiger charge is -2.15. The summed E-state index contributed by atoms with van der Waals surface area (Å²) in [6.45, 7) is 0.0453. The number of esters is 1. The van der Waals surface area contributed by atoms with Crippen LogP contribution in [0, 0.1) is 0 Å². The normalized spacial score (nSPS) is 12.9. The Balaban J connectivity index is 1.32. The molecule has 33 heavy (non-hydrogen) atoms. The summed E-state index contributed by atoms with van der Waals surface area (Å²) in [5, 5.41) is 2.44. The van der Waals surface area contributed by atoms with Crippen LogP contribution in [0.1, 0.15) is 22.6 Å². The molecule has 5 N–H and O–H groups in total. The summed E-state index contributed by atoms with van der Waals surface area (Å²) in [5.74, 6) is -1.02. The zero-order valence-electron chi connectivity index (χ0n) is 17.7. The monoisotopic (exact) mass is 445 g/mol. The average Bonchev–Trinajstić information content (AvgIpc) is 3.12. The number of urea groups is 1. The third kappa shape index (κ3) is 5.02. The van der Waals surface area contributed by atoms with E-state index in [1.807, 2.05) is 48.5 Å². The van der Waals surface area contributed by atoms with E-state index in [1.165, 1.54) is 0 Å². The summed E-state index contributed by atoms with van der Waals surface area (Å²) >= 11 is 0. The van der Waals surface area contributed by atoms with Crippen LogP contribution in [0.3, 0.4) is 0 Å². The SMILES string of the molecule is NC(=O)Nc1ccc(C[C@H](N)C(=O)OC(=O)OCC2c3ccccc3-c3ccccc32)cc1. The van der Waals surface area contributed by atoms with Gasteiger partial charge in [-0.3, -0.25) is 0 Å². The van der Waals surface area contributed by atoms with E-state index in [0.717, 1.165) is 27.8 Å². The molecule has 0 saturated heterocycles. The first-order chi connectivity index (χ1) is 15.9. The van der Waals surface area contributed by atoms with Crippen LogP contribution in [0.25, 0.3) is 11.1 Å². The van der Waals surface area contributed by atoms with E-state index in [2.05, 4.69) is 5.32 Å². The van der Waals surface area contributed by atoms with Gasteiger partial charge in [-0.1, -0.05) is 60.7 Å². The lowest BCUT2D eigenvalue weighted by molar-refractivity contribution is -0.141. The van der Waals surface area contributed by atoms with Crippen molar-refractivity contribution in [1.29, 1.82) is 0 Å². The zero-order chi connectivity index (χ0) is 23.4. The van der Waals surface area contributed by atoms with Crippen LogP contribution in [0.2, 0.25) is 0 Å². The molecule has 1 aliphatic carbocycles. The molecule has 0 aliphatic heterocycles. The molecule has 0 fully saturated rings. The molecule has 3 aromatic rings. The molecule has 2 amide bonds. The third-order valence-electron chi connectivity index (χ3n) is 5.49. The summed E-state index contributed by atoms with van der Waals surface area (Å²) in [6, 6.07) is 20.8. The Kier molecular flexibility index (Phi) is 6.37. The topological polar surface area (TPSA) is 134 Å². The van der Waals surface area contributed by atoms with Gasteiger partial charge in [0.1, 0.15) is 12.6 Å². The maximum Gasteiger partial charge on any atom is 0.516 e. The second kappa shape index (κ2) is 9.54. The van der Waals surface area contributed by atoms with E-state index in [9.17, 15) is 14.4 Å². The third-order valence-corrected chi connectivity index (χ3v) is 5.49. The lowest BCUT2D eigenvalue weighted by Crippen LogP contribution is -2.36. The highest BCUT2D eigenvalue weighted by molar-refractivity contribution is 5.88. The molecule has 1 aliphatic rings. The molecule has 0 bridgehead atoms. The van der Waals surface area contributed by atoms with Gasteiger partial charge in [0.05, 0.1) is 0 Å². The van der Waals surface area contributed by atoms with Crippen LogP contribution >= 0.6 is 0 Å². The molecule has 168 valence electrons. The molecule has 1 atom stereocenters. The minimum atomic E-state index is -1.08. The Morgan fingerprint density at radius 2 is 1.45 bits per heavy atom. The molecule has 8 heteroatoms. The maximum atomic E-state index is 12.2. The van der Waals surface area contributed by atoms with E-state index in [1.54, 1.807) is 24.3 Å². The van der Waals surface area contributed by atoms with Crippen molar-refractivity contribution in [2.24, 2.45) is 11.5 Å². The van der Waals surface area contributed by atoms with Gasteiger partial charge in [-0.05, 0) is 46.4 Å². The fourth-order valence-corrected chi connectivity index (χ4v) is 3.98. The number of nitrogens with two attached hydrogens (primary N) is 2. The molecular weight excluding hydrogens is 422 g/mol. The Labute approximate surface area is 190 Å². The van der Waals surface area contributed by atoms with Gasteiger partial charge >= 0.3 is 18.2 Å². The highest BCUT2D eigenvalue weighted by atomic mass is 16.7. The zero-order valence-corrected chi connectivity index (χ0v) is 17.7. The Bertz CT molecular complexity index is 1150. The summed E-state index contributed by atoms with van der Waals surface area (Å²) in [6.07, 6.45) is -0.940. The predicted molar refractivity (Wildman–Crippen MR) is 122 cm³/mol. The van der Waals surface area contributed by atoms with Gasteiger partial charge < -0.3 is 26.3 Å². The Hall–Kier alpha value is -4.17. The second-order valence-electron chi connectivity index (χ2n) is 7.71. The van der Waals surface area contributed by atoms with Gasteiger partial charge in [-0.25, -0.2) is 14.4 Å². The number of hydrogen-bond donors (Lipinski definition) is 3. The molecule has 0 heterocycles. The number of nitrogens with one attached hydrogen (secondary N) is 1. The molecule has 0 aromatic heterocycles. The average molecular weight is 445 g/mol. The van der Waals surface area contributed by atoms with Crippen molar-refractivity contribution >= 4 is 23.8 Å². The van der Waals surface area contributed by atoms with Gasteiger partial charge in [0.25, 0.3) is 0 Å². The first-order valence-electron chi connectivity index (χ1n) is 10.4. The van der Waals surface area contributed by atoms with Crippen molar-refractivity contribution in [2.75, 3.05) is 11.9 Å². The fraction of sp³-hybridized carbons (Fsp3) is 0.160. The Morgan fingerprint density at radius 3 is 2.03 bits per heavy atom. The number of primary amides is 1. The van der Waals surface area contributed by atoms with Crippen molar-refractivity contribution in [2.45, 2.75) is 18.4 Å². The van der Waals surface area contributed by atoms with Crippen LogP contribution in [0.5, 0.6) is 0 Å². The van der Waals surface area contributed by atoms with Crippen molar-refractivity contribution < 1.29 is 23.9 Å². The quantitative estimate of drug-likeness (QED) is 0.392. The molecular formula is C25H23N3O5. The molecule has 0 unspecified atom stereocenters. The smallest absolute Gasteiger partial charge is 0.433 e.